The number of hydrogen-bond donors (Lipinski definition) is 2. The number of carbonyl (C=O) groups is 1. The van der Waals surface area contributed by atoms with Crippen molar-refractivity contribution < 1.29 is 14.6 Å². The topological polar surface area (TPSA) is 79.0 Å². The van der Waals surface area contributed by atoms with Crippen LogP contribution in [-0.2, 0) is 0 Å². The average Bonchev–Trinajstić information content (AvgIpc) is 2.52. The molecule has 0 radical (unpaired) electrons. The fourth-order valence-corrected chi connectivity index (χ4v) is 2.48. The van der Waals surface area contributed by atoms with Gasteiger partial charge in [0.1, 0.15) is 11.5 Å². The Morgan fingerprint density at radius 2 is 2.05 bits per heavy atom. The van der Waals surface area contributed by atoms with Gasteiger partial charge in [-0.3, -0.25) is 9.69 Å². The molecule has 0 unspecified atom stereocenters. The zero-order chi connectivity index (χ0) is 15.2. The van der Waals surface area contributed by atoms with Crippen LogP contribution in [0.4, 0.5) is 0 Å². The van der Waals surface area contributed by atoms with E-state index in [1.54, 1.807) is 17.0 Å². The number of carbonyl (C=O) groups excluding carboxylic acids is 1. The standard InChI is InChI=1S/C15H23N3O3/c1-21-12-3-4-13(14(19)11-12)15(20)18-9-7-17(8-10-18)6-2-5-16/h3-4,11,19H,2,5-10,16H2,1H3. The number of amides is 1. The van der Waals surface area contributed by atoms with E-state index < -0.39 is 0 Å². The van der Waals surface area contributed by atoms with Gasteiger partial charge in [0.2, 0.25) is 0 Å². The molecular formula is C15H23N3O3. The van der Waals surface area contributed by atoms with E-state index in [2.05, 4.69) is 4.90 Å². The monoisotopic (exact) mass is 293 g/mol. The predicted molar refractivity (Wildman–Crippen MR) is 80.7 cm³/mol. The van der Waals surface area contributed by atoms with Crippen LogP contribution in [0.25, 0.3) is 0 Å². The van der Waals surface area contributed by atoms with Crippen molar-refractivity contribution in [3.05, 3.63) is 23.8 Å². The summed E-state index contributed by atoms with van der Waals surface area (Å²) in [7, 11) is 1.52. The molecule has 1 aliphatic rings. The largest absolute Gasteiger partial charge is 0.507 e. The van der Waals surface area contributed by atoms with Gasteiger partial charge in [0.05, 0.1) is 12.7 Å². The summed E-state index contributed by atoms with van der Waals surface area (Å²) in [5.74, 6) is 0.370. The number of methoxy groups -OCH3 is 1. The van der Waals surface area contributed by atoms with Crippen LogP contribution in [0, 0.1) is 0 Å². The highest BCUT2D eigenvalue weighted by molar-refractivity contribution is 5.97. The fourth-order valence-electron chi connectivity index (χ4n) is 2.48. The second kappa shape index (κ2) is 7.28. The molecule has 1 aromatic carbocycles. The molecule has 3 N–H and O–H groups in total. The molecule has 6 nitrogen and oxygen atoms in total. The van der Waals surface area contributed by atoms with E-state index in [9.17, 15) is 9.90 Å². The highest BCUT2D eigenvalue weighted by Gasteiger charge is 2.23. The third-order valence-electron chi connectivity index (χ3n) is 3.77. The van der Waals surface area contributed by atoms with Crippen molar-refractivity contribution in [1.82, 2.24) is 9.80 Å². The summed E-state index contributed by atoms with van der Waals surface area (Å²) in [5.41, 5.74) is 5.83. The number of ether oxygens (including phenoxy) is 1. The zero-order valence-corrected chi connectivity index (χ0v) is 12.4. The number of piperazine rings is 1. The van der Waals surface area contributed by atoms with Crippen LogP contribution >= 0.6 is 0 Å². The van der Waals surface area contributed by atoms with Crippen molar-refractivity contribution in [3.8, 4) is 11.5 Å². The van der Waals surface area contributed by atoms with Gasteiger partial charge in [-0.1, -0.05) is 0 Å². The van der Waals surface area contributed by atoms with Gasteiger partial charge in [-0.15, -0.1) is 0 Å². The SMILES string of the molecule is COc1ccc(C(=O)N2CCN(CCCN)CC2)c(O)c1. The van der Waals surface area contributed by atoms with Crippen molar-refractivity contribution in [2.75, 3.05) is 46.4 Å². The van der Waals surface area contributed by atoms with E-state index in [0.29, 0.717) is 30.9 Å². The molecule has 0 spiro atoms. The zero-order valence-electron chi connectivity index (χ0n) is 12.4. The molecule has 6 heteroatoms. The lowest BCUT2D eigenvalue weighted by Gasteiger charge is -2.34. The van der Waals surface area contributed by atoms with Crippen molar-refractivity contribution in [1.29, 1.82) is 0 Å². The van der Waals surface area contributed by atoms with Crippen LogP contribution in [0.5, 0.6) is 11.5 Å². The first-order valence-electron chi connectivity index (χ1n) is 7.24. The number of benzene rings is 1. The molecule has 0 aromatic heterocycles. The Morgan fingerprint density at radius 1 is 1.33 bits per heavy atom. The molecule has 1 fully saturated rings. The Hall–Kier alpha value is -1.79. The third-order valence-corrected chi connectivity index (χ3v) is 3.77. The number of aromatic hydroxyl groups is 1. The lowest BCUT2D eigenvalue weighted by molar-refractivity contribution is 0.0633. The minimum Gasteiger partial charge on any atom is -0.507 e. The molecule has 0 saturated carbocycles. The maximum atomic E-state index is 12.4. The third kappa shape index (κ3) is 3.86. The number of nitrogens with zero attached hydrogens (tertiary/aromatic N) is 2. The summed E-state index contributed by atoms with van der Waals surface area (Å²) in [6, 6.07) is 4.76. The molecule has 0 bridgehead atoms. The lowest BCUT2D eigenvalue weighted by atomic mass is 10.1. The second-order valence-electron chi connectivity index (χ2n) is 5.16. The number of phenols is 1. The van der Waals surface area contributed by atoms with E-state index in [1.165, 1.54) is 13.2 Å². The first-order valence-corrected chi connectivity index (χ1v) is 7.24. The quantitative estimate of drug-likeness (QED) is 0.827. The van der Waals surface area contributed by atoms with E-state index in [0.717, 1.165) is 26.1 Å². The van der Waals surface area contributed by atoms with Gasteiger partial charge >= 0.3 is 0 Å². The molecule has 1 saturated heterocycles. The Labute approximate surface area is 125 Å². The minimum absolute atomic E-state index is 0.0371. The smallest absolute Gasteiger partial charge is 0.257 e. The minimum atomic E-state index is -0.131. The maximum absolute atomic E-state index is 12.4. The van der Waals surface area contributed by atoms with Crippen LogP contribution in [-0.4, -0.2) is 67.2 Å². The van der Waals surface area contributed by atoms with E-state index in [-0.39, 0.29) is 11.7 Å². The average molecular weight is 293 g/mol. The molecular weight excluding hydrogens is 270 g/mol. The van der Waals surface area contributed by atoms with E-state index >= 15 is 0 Å². The maximum Gasteiger partial charge on any atom is 0.257 e. The number of nitrogens with two attached hydrogens (primary N) is 1. The summed E-state index contributed by atoms with van der Waals surface area (Å²) in [4.78, 5) is 16.5. The van der Waals surface area contributed by atoms with Crippen LogP contribution < -0.4 is 10.5 Å². The summed E-state index contributed by atoms with van der Waals surface area (Å²) in [6.07, 6.45) is 0.979. The first kappa shape index (κ1) is 15.6. The summed E-state index contributed by atoms with van der Waals surface area (Å²) >= 11 is 0. The van der Waals surface area contributed by atoms with Crippen LogP contribution in [0.15, 0.2) is 18.2 Å². The Bertz CT molecular complexity index is 485. The van der Waals surface area contributed by atoms with Gasteiger partial charge in [-0.25, -0.2) is 0 Å². The number of rotatable bonds is 5. The lowest BCUT2D eigenvalue weighted by Crippen LogP contribution is -2.49. The van der Waals surface area contributed by atoms with Gasteiger partial charge in [0.25, 0.3) is 5.91 Å². The van der Waals surface area contributed by atoms with Crippen molar-refractivity contribution in [2.24, 2.45) is 5.73 Å². The molecule has 0 atom stereocenters. The summed E-state index contributed by atoms with van der Waals surface area (Å²) in [6.45, 7) is 4.72. The van der Waals surface area contributed by atoms with E-state index in [4.69, 9.17) is 10.5 Å². The van der Waals surface area contributed by atoms with Crippen LogP contribution in [0.1, 0.15) is 16.8 Å². The van der Waals surface area contributed by atoms with Crippen molar-refractivity contribution in [2.45, 2.75) is 6.42 Å². The van der Waals surface area contributed by atoms with Gasteiger partial charge < -0.3 is 20.5 Å². The molecule has 21 heavy (non-hydrogen) atoms. The van der Waals surface area contributed by atoms with Crippen LogP contribution in [0.3, 0.4) is 0 Å². The molecule has 116 valence electrons. The predicted octanol–water partition coefficient (Wildman–Crippen LogP) is 0.507. The summed E-state index contributed by atoms with van der Waals surface area (Å²) in [5, 5.41) is 9.94. The van der Waals surface area contributed by atoms with E-state index in [1.807, 2.05) is 0 Å². The molecule has 1 aliphatic heterocycles. The Kier molecular flexibility index (Phi) is 5.41. The second-order valence-corrected chi connectivity index (χ2v) is 5.16. The van der Waals surface area contributed by atoms with Crippen molar-refractivity contribution in [3.63, 3.8) is 0 Å². The molecule has 1 amide bonds. The highest BCUT2D eigenvalue weighted by atomic mass is 16.5. The summed E-state index contributed by atoms with van der Waals surface area (Å²) < 4.78 is 5.03. The molecule has 1 heterocycles. The van der Waals surface area contributed by atoms with Gasteiger partial charge in [0, 0.05) is 32.2 Å². The van der Waals surface area contributed by atoms with Gasteiger partial charge in [-0.2, -0.15) is 0 Å². The first-order chi connectivity index (χ1) is 10.2. The fraction of sp³-hybridized carbons (Fsp3) is 0.533. The molecule has 2 rings (SSSR count). The number of hydrogen-bond acceptors (Lipinski definition) is 5. The van der Waals surface area contributed by atoms with Gasteiger partial charge in [0.15, 0.2) is 0 Å². The molecule has 0 aliphatic carbocycles. The van der Waals surface area contributed by atoms with Crippen LogP contribution in [0.2, 0.25) is 0 Å². The Morgan fingerprint density at radius 3 is 2.62 bits per heavy atom. The molecule has 1 aromatic rings. The number of phenolic OH excluding ortho intramolecular Hbond substituents is 1. The highest BCUT2D eigenvalue weighted by Crippen LogP contribution is 2.25. The Balaban J connectivity index is 1.95. The van der Waals surface area contributed by atoms with Gasteiger partial charge in [-0.05, 0) is 31.6 Å². The normalized spacial score (nSPS) is 16.0. The van der Waals surface area contributed by atoms with Crippen molar-refractivity contribution >= 4 is 5.91 Å².